The summed E-state index contributed by atoms with van der Waals surface area (Å²) in [7, 11) is 2.21. The Kier molecular flexibility index (Phi) is 2.97. The number of likely N-dealkylation sites (tertiary alicyclic amines) is 1. The van der Waals surface area contributed by atoms with Crippen LogP contribution in [0.1, 0.15) is 42.3 Å². The van der Waals surface area contributed by atoms with E-state index in [1.807, 2.05) is 11.3 Å². The van der Waals surface area contributed by atoms with Gasteiger partial charge in [-0.15, -0.1) is 11.3 Å². The topological polar surface area (TPSA) is 42.2 Å². The van der Waals surface area contributed by atoms with Crippen LogP contribution in [-0.4, -0.2) is 36.6 Å². The molecule has 2 heterocycles. The second-order valence-corrected chi connectivity index (χ2v) is 6.52. The van der Waals surface area contributed by atoms with Crippen LogP contribution in [0.15, 0.2) is 5.38 Å². The zero-order valence-electron chi connectivity index (χ0n) is 10.5. The molecule has 0 amide bonds. The first-order chi connectivity index (χ1) is 8.23. The number of aromatic nitrogens is 1. The molecule has 0 unspecified atom stereocenters. The van der Waals surface area contributed by atoms with Gasteiger partial charge in [-0.05, 0) is 45.8 Å². The predicted molar refractivity (Wildman–Crippen MR) is 71.6 cm³/mol. The SMILES string of the molecule is CN1CCC(c2nc(C3(CN)CC3)cs2)CC1. The molecule has 2 aliphatic rings. The average molecular weight is 251 g/mol. The van der Waals surface area contributed by atoms with Crippen molar-refractivity contribution < 1.29 is 0 Å². The van der Waals surface area contributed by atoms with Crippen LogP contribution in [-0.2, 0) is 5.41 Å². The Morgan fingerprint density at radius 1 is 1.47 bits per heavy atom. The Morgan fingerprint density at radius 3 is 2.76 bits per heavy atom. The highest BCUT2D eigenvalue weighted by atomic mass is 32.1. The summed E-state index contributed by atoms with van der Waals surface area (Å²) < 4.78 is 0. The molecule has 1 aromatic heterocycles. The lowest BCUT2D eigenvalue weighted by Crippen LogP contribution is -2.29. The van der Waals surface area contributed by atoms with Gasteiger partial charge in [0.1, 0.15) is 0 Å². The largest absolute Gasteiger partial charge is 0.330 e. The van der Waals surface area contributed by atoms with Gasteiger partial charge in [-0.1, -0.05) is 0 Å². The number of thiazole rings is 1. The van der Waals surface area contributed by atoms with Gasteiger partial charge in [0.2, 0.25) is 0 Å². The molecule has 1 saturated carbocycles. The third-order valence-electron chi connectivity index (χ3n) is 4.38. The molecule has 1 aromatic rings. The summed E-state index contributed by atoms with van der Waals surface area (Å²) in [4.78, 5) is 7.29. The van der Waals surface area contributed by atoms with Gasteiger partial charge < -0.3 is 10.6 Å². The van der Waals surface area contributed by atoms with Crippen LogP contribution < -0.4 is 5.73 Å². The monoisotopic (exact) mass is 251 g/mol. The number of piperidine rings is 1. The van der Waals surface area contributed by atoms with Crippen LogP contribution in [0.4, 0.5) is 0 Å². The van der Waals surface area contributed by atoms with E-state index in [0.29, 0.717) is 5.92 Å². The van der Waals surface area contributed by atoms with Crippen molar-refractivity contribution >= 4 is 11.3 Å². The summed E-state index contributed by atoms with van der Waals surface area (Å²) in [6.45, 7) is 3.19. The minimum absolute atomic E-state index is 0.264. The van der Waals surface area contributed by atoms with Crippen LogP contribution in [0.5, 0.6) is 0 Å². The van der Waals surface area contributed by atoms with Gasteiger partial charge >= 0.3 is 0 Å². The standard InChI is InChI=1S/C13H21N3S/c1-16-6-2-10(3-7-16)12-15-11(8-17-12)13(9-14)4-5-13/h8,10H,2-7,9,14H2,1H3. The summed E-state index contributed by atoms with van der Waals surface area (Å²) in [5.74, 6) is 0.693. The highest BCUT2D eigenvalue weighted by molar-refractivity contribution is 7.09. The van der Waals surface area contributed by atoms with Crippen molar-refractivity contribution in [1.29, 1.82) is 0 Å². The molecule has 1 saturated heterocycles. The number of hydrogen-bond donors (Lipinski definition) is 1. The van der Waals surface area contributed by atoms with E-state index >= 15 is 0 Å². The smallest absolute Gasteiger partial charge is 0.0960 e. The zero-order chi connectivity index (χ0) is 11.9. The van der Waals surface area contributed by atoms with Crippen molar-refractivity contribution in [3.8, 4) is 0 Å². The number of rotatable bonds is 3. The molecule has 94 valence electrons. The predicted octanol–water partition coefficient (Wildman–Crippen LogP) is 1.94. The maximum absolute atomic E-state index is 5.86. The van der Waals surface area contributed by atoms with E-state index in [1.54, 1.807) is 0 Å². The third kappa shape index (κ3) is 2.14. The number of nitrogens with two attached hydrogens (primary N) is 1. The quantitative estimate of drug-likeness (QED) is 0.892. The van der Waals surface area contributed by atoms with E-state index in [-0.39, 0.29) is 5.41 Å². The Balaban J connectivity index is 1.72. The highest BCUT2D eigenvalue weighted by Crippen LogP contribution is 2.47. The molecule has 0 spiro atoms. The minimum atomic E-state index is 0.264. The fraction of sp³-hybridized carbons (Fsp3) is 0.769. The van der Waals surface area contributed by atoms with Crippen molar-refractivity contribution in [3.05, 3.63) is 16.1 Å². The normalized spacial score (nSPS) is 25.1. The number of hydrogen-bond acceptors (Lipinski definition) is 4. The third-order valence-corrected chi connectivity index (χ3v) is 5.38. The molecule has 1 aliphatic carbocycles. The zero-order valence-corrected chi connectivity index (χ0v) is 11.3. The highest BCUT2D eigenvalue weighted by Gasteiger charge is 2.45. The van der Waals surface area contributed by atoms with Crippen molar-refractivity contribution in [2.75, 3.05) is 26.7 Å². The summed E-state index contributed by atoms with van der Waals surface area (Å²) in [5.41, 5.74) is 7.41. The summed E-state index contributed by atoms with van der Waals surface area (Å²) in [6.07, 6.45) is 5.00. The summed E-state index contributed by atoms with van der Waals surface area (Å²) in [6, 6.07) is 0. The van der Waals surface area contributed by atoms with Crippen molar-refractivity contribution in [1.82, 2.24) is 9.88 Å². The van der Waals surface area contributed by atoms with E-state index in [2.05, 4.69) is 17.3 Å². The van der Waals surface area contributed by atoms with Gasteiger partial charge in [0.15, 0.2) is 0 Å². The lowest BCUT2D eigenvalue weighted by Gasteiger charge is -2.27. The van der Waals surface area contributed by atoms with Crippen LogP contribution in [0.2, 0.25) is 0 Å². The van der Waals surface area contributed by atoms with Crippen molar-refractivity contribution in [2.45, 2.75) is 37.0 Å². The molecular formula is C13H21N3S. The van der Waals surface area contributed by atoms with Gasteiger partial charge in [0.05, 0.1) is 10.7 Å². The molecule has 0 bridgehead atoms. The first-order valence-corrected chi connectivity index (χ1v) is 7.46. The molecule has 0 atom stereocenters. The van der Waals surface area contributed by atoms with Crippen molar-refractivity contribution in [3.63, 3.8) is 0 Å². The minimum Gasteiger partial charge on any atom is -0.330 e. The van der Waals surface area contributed by atoms with Crippen molar-refractivity contribution in [2.24, 2.45) is 5.73 Å². The summed E-state index contributed by atoms with van der Waals surface area (Å²) >= 11 is 1.85. The van der Waals surface area contributed by atoms with E-state index in [4.69, 9.17) is 10.7 Å². The van der Waals surface area contributed by atoms with E-state index in [1.165, 1.54) is 49.5 Å². The first-order valence-electron chi connectivity index (χ1n) is 6.58. The molecule has 0 aromatic carbocycles. The van der Waals surface area contributed by atoms with E-state index in [0.717, 1.165) is 6.54 Å². The maximum Gasteiger partial charge on any atom is 0.0960 e. The van der Waals surface area contributed by atoms with Gasteiger partial charge in [-0.25, -0.2) is 4.98 Å². The maximum atomic E-state index is 5.86. The molecular weight excluding hydrogens is 230 g/mol. The second kappa shape index (κ2) is 4.34. The molecule has 3 rings (SSSR count). The molecule has 1 aliphatic heterocycles. The van der Waals surface area contributed by atoms with Gasteiger partial charge in [0.25, 0.3) is 0 Å². The molecule has 17 heavy (non-hydrogen) atoms. The molecule has 3 nitrogen and oxygen atoms in total. The molecule has 0 radical (unpaired) electrons. The average Bonchev–Trinajstić information content (AvgIpc) is 3.00. The van der Waals surface area contributed by atoms with Gasteiger partial charge in [-0.2, -0.15) is 0 Å². The first kappa shape index (κ1) is 11.6. The van der Waals surface area contributed by atoms with Gasteiger partial charge in [0, 0.05) is 23.3 Å². The fourth-order valence-electron chi connectivity index (χ4n) is 2.69. The second-order valence-electron chi connectivity index (χ2n) is 5.63. The lowest BCUT2D eigenvalue weighted by atomic mass is 9.97. The Hall–Kier alpha value is -0.450. The molecule has 2 N–H and O–H groups in total. The Bertz CT molecular complexity index is 389. The lowest BCUT2D eigenvalue weighted by molar-refractivity contribution is 0.255. The van der Waals surface area contributed by atoms with Gasteiger partial charge in [-0.3, -0.25) is 0 Å². The molecule has 4 heteroatoms. The Morgan fingerprint density at radius 2 is 2.18 bits per heavy atom. The van der Waals surface area contributed by atoms with Crippen LogP contribution >= 0.6 is 11.3 Å². The van der Waals surface area contributed by atoms with E-state index < -0.39 is 0 Å². The fourth-order valence-corrected chi connectivity index (χ4v) is 3.80. The molecule has 2 fully saturated rings. The van der Waals surface area contributed by atoms with E-state index in [9.17, 15) is 0 Å². The van der Waals surface area contributed by atoms with Crippen LogP contribution in [0.25, 0.3) is 0 Å². The van der Waals surface area contributed by atoms with Crippen LogP contribution in [0, 0.1) is 0 Å². The number of nitrogens with zero attached hydrogens (tertiary/aromatic N) is 2. The Labute approximate surface area is 107 Å². The summed E-state index contributed by atoms with van der Waals surface area (Å²) in [5, 5.41) is 3.61. The van der Waals surface area contributed by atoms with Crippen LogP contribution in [0.3, 0.4) is 0 Å².